The lowest BCUT2D eigenvalue weighted by atomic mass is 9.70. The fourth-order valence-corrected chi connectivity index (χ4v) is 2.43. The maximum absolute atomic E-state index is 9.35. The monoisotopic (exact) mass is 169 g/mol. The Labute approximate surface area is 74.6 Å². The van der Waals surface area contributed by atoms with Crippen molar-refractivity contribution >= 4 is 0 Å². The lowest BCUT2D eigenvalue weighted by molar-refractivity contribution is 0.0882. The van der Waals surface area contributed by atoms with Crippen molar-refractivity contribution < 1.29 is 5.11 Å². The molecule has 0 aromatic heterocycles. The van der Waals surface area contributed by atoms with Crippen LogP contribution < -0.4 is 0 Å². The van der Waals surface area contributed by atoms with E-state index in [1.807, 2.05) is 0 Å². The van der Waals surface area contributed by atoms with Gasteiger partial charge in [0, 0.05) is 19.6 Å². The number of nitrogens with zero attached hydrogens (tertiary/aromatic N) is 1. The third-order valence-corrected chi connectivity index (χ3v) is 3.41. The number of aliphatic hydroxyl groups excluding tert-OH is 1. The summed E-state index contributed by atoms with van der Waals surface area (Å²) in [5, 5.41) is 9.35. The molecule has 1 unspecified atom stereocenters. The molecule has 2 rings (SSSR count). The van der Waals surface area contributed by atoms with E-state index in [-0.39, 0.29) is 6.10 Å². The lowest BCUT2D eigenvalue weighted by Crippen LogP contribution is -2.39. The lowest BCUT2D eigenvalue weighted by Gasteiger charge is -2.41. The van der Waals surface area contributed by atoms with Gasteiger partial charge in [0.15, 0.2) is 0 Å². The minimum Gasteiger partial charge on any atom is -0.392 e. The molecule has 1 atom stereocenters. The van der Waals surface area contributed by atoms with Crippen molar-refractivity contribution in [3.05, 3.63) is 0 Å². The molecule has 1 N–H and O–H groups in total. The van der Waals surface area contributed by atoms with Crippen LogP contribution in [0.1, 0.15) is 32.6 Å². The smallest absolute Gasteiger partial charge is 0.0679 e. The number of rotatable bonds is 2. The quantitative estimate of drug-likeness (QED) is 0.672. The van der Waals surface area contributed by atoms with Gasteiger partial charge in [-0.15, -0.1) is 0 Å². The molecule has 1 aliphatic carbocycles. The zero-order valence-electron chi connectivity index (χ0n) is 7.92. The normalized spacial score (nSPS) is 35.0. The molecule has 0 amide bonds. The largest absolute Gasteiger partial charge is 0.392 e. The van der Waals surface area contributed by atoms with E-state index in [4.69, 9.17) is 0 Å². The summed E-state index contributed by atoms with van der Waals surface area (Å²) in [6.07, 6.45) is 5.12. The van der Waals surface area contributed by atoms with E-state index in [9.17, 15) is 5.11 Å². The van der Waals surface area contributed by atoms with E-state index in [1.165, 1.54) is 25.8 Å². The fourth-order valence-electron chi connectivity index (χ4n) is 2.43. The molecule has 0 spiro atoms. The summed E-state index contributed by atoms with van der Waals surface area (Å²) >= 11 is 0. The number of hydrogen-bond donors (Lipinski definition) is 1. The summed E-state index contributed by atoms with van der Waals surface area (Å²) in [6.45, 7) is 5.61. The Kier molecular flexibility index (Phi) is 2.13. The van der Waals surface area contributed by atoms with Crippen molar-refractivity contribution in [2.45, 2.75) is 38.7 Å². The van der Waals surface area contributed by atoms with Crippen LogP contribution in [0.3, 0.4) is 0 Å². The van der Waals surface area contributed by atoms with Gasteiger partial charge in [-0.2, -0.15) is 0 Å². The van der Waals surface area contributed by atoms with Gasteiger partial charge in [0.25, 0.3) is 0 Å². The van der Waals surface area contributed by atoms with Crippen molar-refractivity contribution in [3.63, 3.8) is 0 Å². The molecular weight excluding hydrogens is 150 g/mol. The summed E-state index contributed by atoms with van der Waals surface area (Å²) in [4.78, 5) is 2.42. The second-order valence-electron chi connectivity index (χ2n) is 4.84. The fraction of sp³-hybridized carbons (Fsp3) is 1.00. The van der Waals surface area contributed by atoms with Crippen molar-refractivity contribution in [1.82, 2.24) is 4.90 Å². The Hall–Kier alpha value is -0.0800. The average molecular weight is 169 g/mol. The Morgan fingerprint density at radius 2 is 2.25 bits per heavy atom. The van der Waals surface area contributed by atoms with Crippen LogP contribution in [0.2, 0.25) is 0 Å². The third kappa shape index (κ3) is 1.64. The maximum Gasteiger partial charge on any atom is 0.0679 e. The second kappa shape index (κ2) is 3.00. The molecule has 2 fully saturated rings. The van der Waals surface area contributed by atoms with Gasteiger partial charge in [0.2, 0.25) is 0 Å². The van der Waals surface area contributed by atoms with Gasteiger partial charge in [-0.1, -0.05) is 13.3 Å². The van der Waals surface area contributed by atoms with Gasteiger partial charge >= 0.3 is 0 Å². The van der Waals surface area contributed by atoms with E-state index in [1.54, 1.807) is 0 Å². The third-order valence-electron chi connectivity index (χ3n) is 3.41. The molecule has 12 heavy (non-hydrogen) atoms. The first-order valence-corrected chi connectivity index (χ1v) is 5.08. The van der Waals surface area contributed by atoms with Gasteiger partial charge in [-0.25, -0.2) is 0 Å². The van der Waals surface area contributed by atoms with E-state index in [2.05, 4.69) is 11.8 Å². The van der Waals surface area contributed by atoms with Crippen molar-refractivity contribution in [2.75, 3.05) is 19.6 Å². The Balaban J connectivity index is 1.79. The zero-order chi connectivity index (χ0) is 8.60. The second-order valence-corrected chi connectivity index (χ2v) is 4.84. The van der Waals surface area contributed by atoms with Crippen LogP contribution in [-0.2, 0) is 0 Å². The molecule has 2 nitrogen and oxygen atoms in total. The highest BCUT2D eigenvalue weighted by Gasteiger charge is 2.35. The molecule has 70 valence electrons. The molecule has 2 aliphatic rings. The van der Waals surface area contributed by atoms with E-state index >= 15 is 0 Å². The van der Waals surface area contributed by atoms with Gasteiger partial charge in [-0.05, 0) is 24.7 Å². The van der Waals surface area contributed by atoms with E-state index in [0.717, 1.165) is 19.5 Å². The summed E-state index contributed by atoms with van der Waals surface area (Å²) in [7, 11) is 0. The molecular formula is C10H19NO. The SMILES string of the molecule is CC1(CN2CCC(O)C2)CCC1. The number of likely N-dealkylation sites (tertiary alicyclic amines) is 1. The average Bonchev–Trinajstić information content (AvgIpc) is 2.32. The molecule has 1 heterocycles. The topological polar surface area (TPSA) is 23.5 Å². The van der Waals surface area contributed by atoms with Crippen LogP contribution in [0.15, 0.2) is 0 Å². The highest BCUT2D eigenvalue weighted by atomic mass is 16.3. The molecule has 0 bridgehead atoms. The van der Waals surface area contributed by atoms with Crippen LogP contribution in [0.25, 0.3) is 0 Å². The van der Waals surface area contributed by atoms with Crippen molar-refractivity contribution in [3.8, 4) is 0 Å². The minimum absolute atomic E-state index is 0.0475. The molecule has 0 aromatic rings. The predicted molar refractivity (Wildman–Crippen MR) is 49.0 cm³/mol. The number of aliphatic hydroxyl groups is 1. The number of hydrogen-bond acceptors (Lipinski definition) is 2. The van der Waals surface area contributed by atoms with E-state index < -0.39 is 0 Å². The summed E-state index contributed by atoms with van der Waals surface area (Å²) in [6, 6.07) is 0. The summed E-state index contributed by atoms with van der Waals surface area (Å²) < 4.78 is 0. The van der Waals surface area contributed by atoms with Crippen LogP contribution in [-0.4, -0.2) is 35.7 Å². The maximum atomic E-state index is 9.35. The Morgan fingerprint density at radius 1 is 1.50 bits per heavy atom. The van der Waals surface area contributed by atoms with Crippen molar-refractivity contribution in [2.24, 2.45) is 5.41 Å². The summed E-state index contributed by atoms with van der Waals surface area (Å²) in [5.74, 6) is 0. The summed E-state index contributed by atoms with van der Waals surface area (Å²) in [5.41, 5.74) is 0.587. The molecule has 0 radical (unpaired) electrons. The highest BCUT2D eigenvalue weighted by molar-refractivity contribution is 4.88. The van der Waals surface area contributed by atoms with Gasteiger partial charge in [0.05, 0.1) is 6.10 Å². The van der Waals surface area contributed by atoms with Gasteiger partial charge < -0.3 is 10.0 Å². The molecule has 2 heteroatoms. The molecule has 1 aliphatic heterocycles. The number of β-amino-alcohol motifs (C(OH)–C–C–N with tert-alkyl or cyclic N) is 1. The Bertz CT molecular complexity index is 165. The standard InChI is InChI=1S/C10H19NO/c1-10(4-2-5-10)8-11-6-3-9(12)7-11/h9,12H,2-8H2,1H3. The van der Waals surface area contributed by atoms with E-state index in [0.29, 0.717) is 5.41 Å². The zero-order valence-corrected chi connectivity index (χ0v) is 7.92. The Morgan fingerprint density at radius 3 is 2.67 bits per heavy atom. The first-order valence-electron chi connectivity index (χ1n) is 5.08. The van der Waals surface area contributed by atoms with Crippen LogP contribution in [0.5, 0.6) is 0 Å². The highest BCUT2D eigenvalue weighted by Crippen LogP contribution is 2.41. The van der Waals surface area contributed by atoms with Crippen LogP contribution in [0, 0.1) is 5.41 Å². The predicted octanol–water partition coefficient (Wildman–Crippen LogP) is 1.24. The van der Waals surface area contributed by atoms with Gasteiger partial charge in [0.1, 0.15) is 0 Å². The first kappa shape index (κ1) is 8.52. The molecule has 0 aromatic carbocycles. The molecule has 1 saturated heterocycles. The minimum atomic E-state index is -0.0475. The first-order chi connectivity index (χ1) is 5.68. The molecule has 1 saturated carbocycles. The van der Waals surface area contributed by atoms with Crippen LogP contribution in [0.4, 0.5) is 0 Å². The van der Waals surface area contributed by atoms with Crippen LogP contribution >= 0.6 is 0 Å². The van der Waals surface area contributed by atoms with Gasteiger partial charge in [-0.3, -0.25) is 0 Å². The van der Waals surface area contributed by atoms with Crippen molar-refractivity contribution in [1.29, 1.82) is 0 Å².